The summed E-state index contributed by atoms with van der Waals surface area (Å²) in [5.41, 5.74) is 8.20. The Hall–Kier alpha value is -1.06. The Balaban J connectivity index is 2.15. The van der Waals surface area contributed by atoms with Crippen LogP contribution in [0.4, 0.5) is 0 Å². The number of H-pyrrole nitrogens is 1. The summed E-state index contributed by atoms with van der Waals surface area (Å²) in [6, 6.07) is 5.86. The molecule has 2 aromatic rings. The fourth-order valence-corrected chi connectivity index (χ4v) is 2.47. The highest BCUT2D eigenvalue weighted by atomic mass is 35.5. The number of benzene rings is 1. The van der Waals surface area contributed by atoms with Crippen LogP contribution in [0.15, 0.2) is 18.2 Å². The number of para-hydroxylation sites is 1. The van der Waals surface area contributed by atoms with Gasteiger partial charge < -0.3 is 10.7 Å². The van der Waals surface area contributed by atoms with Crippen LogP contribution < -0.4 is 5.73 Å². The molecule has 0 bridgehead atoms. The van der Waals surface area contributed by atoms with Gasteiger partial charge in [0.2, 0.25) is 0 Å². The highest BCUT2D eigenvalue weighted by Crippen LogP contribution is 2.23. The van der Waals surface area contributed by atoms with Crippen molar-refractivity contribution in [3.05, 3.63) is 29.0 Å². The van der Waals surface area contributed by atoms with E-state index < -0.39 is 0 Å². The lowest BCUT2D eigenvalue weighted by molar-refractivity contribution is 0.337. The van der Waals surface area contributed by atoms with Crippen LogP contribution in [-0.2, 0) is 6.42 Å². The van der Waals surface area contributed by atoms with Crippen LogP contribution in [0.3, 0.4) is 0 Å². The van der Waals surface area contributed by atoms with Crippen molar-refractivity contribution < 1.29 is 0 Å². The number of imidazole rings is 1. The Morgan fingerprint density at radius 1 is 1.39 bits per heavy atom. The fraction of sp³-hybridized carbons (Fsp3) is 0.500. The summed E-state index contributed by atoms with van der Waals surface area (Å²) < 4.78 is 0. The average molecular weight is 266 g/mol. The van der Waals surface area contributed by atoms with E-state index in [9.17, 15) is 0 Å². The first kappa shape index (κ1) is 13.4. The zero-order valence-electron chi connectivity index (χ0n) is 11.1. The summed E-state index contributed by atoms with van der Waals surface area (Å²) in [4.78, 5) is 7.79. The lowest BCUT2D eigenvalue weighted by Gasteiger charge is -2.22. The maximum Gasteiger partial charge on any atom is 0.108 e. The van der Waals surface area contributed by atoms with Crippen LogP contribution in [0.5, 0.6) is 0 Å². The SMILES string of the molecule is CC(C)(C)CC(N)Cc1nc2c(Cl)cccc2[nH]1. The van der Waals surface area contributed by atoms with Crippen molar-refractivity contribution >= 4 is 22.6 Å². The second-order valence-electron chi connectivity index (χ2n) is 6.05. The Labute approximate surface area is 113 Å². The number of aromatic nitrogens is 2. The van der Waals surface area contributed by atoms with Crippen molar-refractivity contribution in [2.24, 2.45) is 11.1 Å². The van der Waals surface area contributed by atoms with Crippen molar-refractivity contribution in [1.82, 2.24) is 9.97 Å². The smallest absolute Gasteiger partial charge is 0.108 e. The predicted octanol–water partition coefficient (Wildman–Crippen LogP) is 3.52. The van der Waals surface area contributed by atoms with Crippen LogP contribution in [0.25, 0.3) is 11.0 Å². The van der Waals surface area contributed by atoms with Crippen LogP contribution in [0, 0.1) is 5.41 Å². The van der Waals surface area contributed by atoms with Gasteiger partial charge in [-0.25, -0.2) is 4.98 Å². The van der Waals surface area contributed by atoms with Gasteiger partial charge in [-0.2, -0.15) is 0 Å². The minimum Gasteiger partial charge on any atom is -0.342 e. The molecule has 1 aromatic carbocycles. The topological polar surface area (TPSA) is 54.7 Å². The number of aromatic amines is 1. The molecule has 0 saturated heterocycles. The van der Waals surface area contributed by atoms with E-state index in [1.807, 2.05) is 18.2 Å². The normalized spacial score (nSPS) is 14.1. The number of fused-ring (bicyclic) bond motifs is 1. The average Bonchev–Trinajstić information content (AvgIpc) is 2.58. The van der Waals surface area contributed by atoms with E-state index in [0.29, 0.717) is 5.02 Å². The van der Waals surface area contributed by atoms with Gasteiger partial charge in [-0.05, 0) is 24.0 Å². The third-order valence-electron chi connectivity index (χ3n) is 2.84. The quantitative estimate of drug-likeness (QED) is 0.892. The third-order valence-corrected chi connectivity index (χ3v) is 3.15. The summed E-state index contributed by atoms with van der Waals surface area (Å²) in [7, 11) is 0. The van der Waals surface area contributed by atoms with Crippen LogP contribution in [0.1, 0.15) is 33.0 Å². The second kappa shape index (κ2) is 4.90. The summed E-state index contributed by atoms with van der Waals surface area (Å²) >= 11 is 6.10. The van der Waals surface area contributed by atoms with Gasteiger partial charge in [0.05, 0.1) is 10.5 Å². The Bertz CT molecular complexity index is 539. The maximum absolute atomic E-state index is 6.16. The van der Waals surface area contributed by atoms with Crippen molar-refractivity contribution in [2.75, 3.05) is 0 Å². The summed E-state index contributed by atoms with van der Waals surface area (Å²) in [5.74, 6) is 0.912. The van der Waals surface area contributed by atoms with E-state index in [0.717, 1.165) is 29.7 Å². The number of nitrogens with one attached hydrogen (secondary N) is 1. The molecule has 0 spiro atoms. The van der Waals surface area contributed by atoms with Gasteiger partial charge in [0.15, 0.2) is 0 Å². The summed E-state index contributed by atoms with van der Waals surface area (Å²) in [6.07, 6.45) is 1.72. The lowest BCUT2D eigenvalue weighted by atomic mass is 9.87. The molecule has 0 aliphatic rings. The van der Waals surface area contributed by atoms with E-state index >= 15 is 0 Å². The molecule has 1 aromatic heterocycles. The molecule has 3 nitrogen and oxygen atoms in total. The molecule has 0 saturated carbocycles. The van der Waals surface area contributed by atoms with Crippen LogP contribution >= 0.6 is 11.6 Å². The number of nitrogens with two attached hydrogens (primary N) is 1. The molecule has 0 aliphatic heterocycles. The number of halogens is 1. The molecule has 4 heteroatoms. The Morgan fingerprint density at radius 2 is 2.11 bits per heavy atom. The summed E-state index contributed by atoms with van der Waals surface area (Å²) in [6.45, 7) is 6.59. The fourth-order valence-electron chi connectivity index (χ4n) is 2.25. The zero-order valence-corrected chi connectivity index (χ0v) is 11.9. The lowest BCUT2D eigenvalue weighted by Crippen LogP contribution is -2.28. The van der Waals surface area contributed by atoms with Crippen molar-refractivity contribution in [2.45, 2.75) is 39.7 Å². The molecule has 1 atom stereocenters. The van der Waals surface area contributed by atoms with Crippen LogP contribution in [0.2, 0.25) is 5.02 Å². The minimum absolute atomic E-state index is 0.115. The molecule has 0 radical (unpaired) electrons. The molecule has 0 fully saturated rings. The number of nitrogens with zero attached hydrogens (tertiary/aromatic N) is 1. The van der Waals surface area contributed by atoms with Crippen molar-refractivity contribution in [1.29, 1.82) is 0 Å². The monoisotopic (exact) mass is 265 g/mol. The van der Waals surface area contributed by atoms with Crippen molar-refractivity contribution in [3.8, 4) is 0 Å². The zero-order chi connectivity index (χ0) is 13.3. The maximum atomic E-state index is 6.16. The first-order valence-corrected chi connectivity index (χ1v) is 6.62. The van der Waals surface area contributed by atoms with Gasteiger partial charge in [0, 0.05) is 12.5 Å². The molecule has 1 unspecified atom stereocenters. The molecule has 0 amide bonds. The molecule has 1 heterocycles. The van der Waals surface area contributed by atoms with Gasteiger partial charge in [-0.3, -0.25) is 0 Å². The standard InChI is InChI=1S/C14H20ClN3/c1-14(2,3)8-9(16)7-12-17-11-6-4-5-10(15)13(11)18-12/h4-6,9H,7-8,16H2,1-3H3,(H,17,18). The number of hydrogen-bond donors (Lipinski definition) is 2. The molecular formula is C14H20ClN3. The van der Waals surface area contributed by atoms with Gasteiger partial charge in [0.1, 0.15) is 11.3 Å². The van der Waals surface area contributed by atoms with E-state index in [1.54, 1.807) is 0 Å². The first-order valence-electron chi connectivity index (χ1n) is 6.24. The second-order valence-corrected chi connectivity index (χ2v) is 6.46. The third kappa shape index (κ3) is 3.24. The Kier molecular flexibility index (Phi) is 3.64. The van der Waals surface area contributed by atoms with Gasteiger partial charge in [-0.15, -0.1) is 0 Å². The van der Waals surface area contributed by atoms with E-state index in [4.69, 9.17) is 17.3 Å². The molecule has 3 N–H and O–H groups in total. The predicted molar refractivity (Wildman–Crippen MR) is 76.9 cm³/mol. The minimum atomic E-state index is 0.115. The van der Waals surface area contributed by atoms with Crippen molar-refractivity contribution in [3.63, 3.8) is 0 Å². The molecular weight excluding hydrogens is 246 g/mol. The van der Waals surface area contributed by atoms with E-state index in [1.165, 1.54) is 0 Å². The highest BCUT2D eigenvalue weighted by Gasteiger charge is 2.17. The summed E-state index contributed by atoms with van der Waals surface area (Å²) in [5, 5.41) is 0.680. The largest absolute Gasteiger partial charge is 0.342 e. The van der Waals surface area contributed by atoms with Crippen LogP contribution in [-0.4, -0.2) is 16.0 Å². The van der Waals surface area contributed by atoms with E-state index in [-0.39, 0.29) is 11.5 Å². The molecule has 0 aliphatic carbocycles. The first-order chi connectivity index (χ1) is 8.35. The molecule has 2 rings (SSSR count). The molecule has 18 heavy (non-hydrogen) atoms. The highest BCUT2D eigenvalue weighted by molar-refractivity contribution is 6.34. The molecule has 98 valence electrons. The van der Waals surface area contributed by atoms with Gasteiger partial charge in [-0.1, -0.05) is 38.4 Å². The number of rotatable bonds is 3. The van der Waals surface area contributed by atoms with Gasteiger partial charge >= 0.3 is 0 Å². The van der Waals surface area contributed by atoms with Gasteiger partial charge in [0.25, 0.3) is 0 Å². The number of hydrogen-bond acceptors (Lipinski definition) is 2. The Morgan fingerprint density at radius 3 is 2.72 bits per heavy atom. The van der Waals surface area contributed by atoms with E-state index in [2.05, 4.69) is 30.7 Å².